The highest BCUT2D eigenvalue weighted by atomic mass is 32.1. The van der Waals surface area contributed by atoms with Gasteiger partial charge < -0.3 is 5.32 Å². The van der Waals surface area contributed by atoms with Crippen LogP contribution in [0.15, 0.2) is 18.5 Å². The van der Waals surface area contributed by atoms with Crippen LogP contribution in [0, 0.1) is 6.92 Å². The normalized spacial score (nSPS) is 10.9. The summed E-state index contributed by atoms with van der Waals surface area (Å²) in [5.74, 6) is 0. The lowest BCUT2D eigenvalue weighted by Crippen LogP contribution is -2.16. The maximum atomic E-state index is 4.30. The smallest absolute Gasteiger partial charge is 0.0896 e. The maximum Gasteiger partial charge on any atom is 0.0896 e. The highest BCUT2D eigenvalue weighted by Gasteiger charge is 1.99. The summed E-state index contributed by atoms with van der Waals surface area (Å²) in [6.07, 6.45) is 4.96. The van der Waals surface area contributed by atoms with Crippen LogP contribution in [0.2, 0.25) is 0 Å². The molecule has 2 aromatic rings. The Hall–Kier alpha value is -1.20. The third-order valence-corrected chi connectivity index (χ3v) is 3.26. The predicted molar refractivity (Wildman–Crippen MR) is 65.5 cm³/mol. The monoisotopic (exact) mass is 236 g/mol. The van der Waals surface area contributed by atoms with Crippen molar-refractivity contribution in [2.24, 2.45) is 7.05 Å². The summed E-state index contributed by atoms with van der Waals surface area (Å²) >= 11 is 1.77. The minimum Gasteiger partial charge on any atom is -0.311 e. The molecule has 16 heavy (non-hydrogen) atoms. The molecule has 0 saturated carbocycles. The van der Waals surface area contributed by atoms with E-state index in [0.29, 0.717) is 0 Å². The van der Waals surface area contributed by atoms with Gasteiger partial charge in [0.1, 0.15) is 0 Å². The van der Waals surface area contributed by atoms with E-state index in [-0.39, 0.29) is 0 Å². The summed E-state index contributed by atoms with van der Waals surface area (Å²) in [5.41, 5.74) is 1.09. The summed E-state index contributed by atoms with van der Waals surface area (Å²) in [5, 5.41) is 8.82. The molecule has 2 aromatic heterocycles. The Morgan fingerprint density at radius 3 is 3.00 bits per heavy atom. The zero-order chi connectivity index (χ0) is 11.4. The molecule has 0 amide bonds. The van der Waals surface area contributed by atoms with E-state index in [0.717, 1.165) is 30.2 Å². The van der Waals surface area contributed by atoms with Crippen molar-refractivity contribution in [2.75, 3.05) is 6.54 Å². The Morgan fingerprint density at radius 1 is 1.50 bits per heavy atom. The number of hydrogen-bond donors (Lipinski definition) is 1. The quantitative estimate of drug-likeness (QED) is 0.800. The van der Waals surface area contributed by atoms with Crippen LogP contribution >= 0.6 is 11.3 Å². The van der Waals surface area contributed by atoms with Crippen LogP contribution in [0.3, 0.4) is 0 Å². The van der Waals surface area contributed by atoms with Gasteiger partial charge in [0.15, 0.2) is 0 Å². The molecule has 0 unspecified atom stereocenters. The average molecular weight is 236 g/mol. The molecule has 1 N–H and O–H groups in total. The molecule has 86 valence electrons. The first-order valence-electron chi connectivity index (χ1n) is 5.34. The van der Waals surface area contributed by atoms with Crippen LogP contribution in [-0.4, -0.2) is 21.3 Å². The zero-order valence-corrected chi connectivity index (χ0v) is 10.4. The van der Waals surface area contributed by atoms with E-state index in [1.807, 2.05) is 37.1 Å². The van der Waals surface area contributed by atoms with Gasteiger partial charge in [0, 0.05) is 37.4 Å². The van der Waals surface area contributed by atoms with Gasteiger partial charge in [0.25, 0.3) is 0 Å². The summed E-state index contributed by atoms with van der Waals surface area (Å²) in [6.45, 7) is 3.84. The van der Waals surface area contributed by atoms with Crippen molar-refractivity contribution < 1.29 is 0 Å². The fraction of sp³-hybridized carbons (Fsp3) is 0.455. The number of nitrogens with one attached hydrogen (secondary N) is 1. The summed E-state index contributed by atoms with van der Waals surface area (Å²) < 4.78 is 1.82. The molecule has 2 heterocycles. The van der Waals surface area contributed by atoms with Crippen molar-refractivity contribution in [3.63, 3.8) is 0 Å². The second kappa shape index (κ2) is 5.23. The molecule has 0 aromatic carbocycles. The molecule has 0 saturated heterocycles. The highest BCUT2D eigenvalue weighted by molar-refractivity contribution is 7.11. The first-order valence-corrected chi connectivity index (χ1v) is 6.16. The predicted octanol–water partition coefficient (Wildman–Crippen LogP) is 1.52. The van der Waals surface area contributed by atoms with Crippen LogP contribution in [0.4, 0.5) is 0 Å². The van der Waals surface area contributed by atoms with Crippen molar-refractivity contribution in [1.82, 2.24) is 20.1 Å². The standard InChI is InChI=1S/C11H16N4S/c1-9-13-8-11(16-9)3-5-12-7-10-4-6-15(2)14-10/h4,6,8,12H,3,5,7H2,1-2H3. The average Bonchev–Trinajstić information content (AvgIpc) is 2.83. The van der Waals surface area contributed by atoms with Crippen molar-refractivity contribution in [2.45, 2.75) is 19.9 Å². The molecule has 0 bridgehead atoms. The molecule has 0 atom stereocenters. The summed E-state index contributed by atoms with van der Waals surface area (Å²) in [7, 11) is 1.93. The molecule has 0 aliphatic rings. The number of aromatic nitrogens is 3. The Bertz CT molecular complexity index is 404. The van der Waals surface area contributed by atoms with Gasteiger partial charge in [0.05, 0.1) is 10.7 Å². The van der Waals surface area contributed by atoms with Crippen molar-refractivity contribution in [3.05, 3.63) is 34.0 Å². The molecule has 0 fully saturated rings. The topological polar surface area (TPSA) is 42.7 Å². The van der Waals surface area contributed by atoms with Crippen LogP contribution in [0.1, 0.15) is 15.6 Å². The second-order valence-corrected chi connectivity index (χ2v) is 5.07. The van der Waals surface area contributed by atoms with E-state index in [1.54, 1.807) is 11.3 Å². The van der Waals surface area contributed by atoms with Gasteiger partial charge in [-0.3, -0.25) is 4.68 Å². The lowest BCUT2D eigenvalue weighted by molar-refractivity contribution is 0.656. The summed E-state index contributed by atoms with van der Waals surface area (Å²) in [6, 6.07) is 2.03. The minimum atomic E-state index is 0.832. The van der Waals surface area contributed by atoms with Crippen molar-refractivity contribution in [3.8, 4) is 0 Å². The Labute approximate surface area is 99.3 Å². The van der Waals surface area contributed by atoms with Crippen LogP contribution in [-0.2, 0) is 20.0 Å². The molecule has 4 nitrogen and oxygen atoms in total. The molecule has 0 aliphatic heterocycles. The molecule has 2 rings (SSSR count). The number of thiazole rings is 1. The van der Waals surface area contributed by atoms with E-state index in [9.17, 15) is 0 Å². The van der Waals surface area contributed by atoms with Crippen molar-refractivity contribution in [1.29, 1.82) is 0 Å². The van der Waals surface area contributed by atoms with Gasteiger partial charge in [-0.2, -0.15) is 5.10 Å². The van der Waals surface area contributed by atoms with Crippen LogP contribution in [0.25, 0.3) is 0 Å². The molecule has 5 heteroatoms. The van der Waals surface area contributed by atoms with E-state index in [4.69, 9.17) is 0 Å². The molecular weight excluding hydrogens is 220 g/mol. The van der Waals surface area contributed by atoms with E-state index in [2.05, 4.69) is 15.4 Å². The highest BCUT2D eigenvalue weighted by Crippen LogP contribution is 2.11. The first kappa shape index (κ1) is 11.3. The fourth-order valence-electron chi connectivity index (χ4n) is 1.51. The van der Waals surface area contributed by atoms with Gasteiger partial charge in [-0.1, -0.05) is 0 Å². The summed E-state index contributed by atoms with van der Waals surface area (Å²) in [4.78, 5) is 5.57. The fourth-order valence-corrected chi connectivity index (χ4v) is 2.30. The SMILES string of the molecule is Cc1ncc(CCNCc2ccn(C)n2)s1. The van der Waals surface area contributed by atoms with E-state index in [1.165, 1.54) is 4.88 Å². The zero-order valence-electron chi connectivity index (χ0n) is 9.60. The molecular formula is C11H16N4S. The third kappa shape index (κ3) is 3.15. The molecule has 0 spiro atoms. The van der Waals surface area contributed by atoms with Gasteiger partial charge in [-0.25, -0.2) is 4.98 Å². The van der Waals surface area contributed by atoms with Gasteiger partial charge in [-0.15, -0.1) is 11.3 Å². The number of rotatable bonds is 5. The minimum absolute atomic E-state index is 0.832. The Morgan fingerprint density at radius 2 is 2.38 bits per heavy atom. The van der Waals surface area contributed by atoms with Gasteiger partial charge in [-0.05, 0) is 19.4 Å². The lowest BCUT2D eigenvalue weighted by Gasteiger charge is -2.00. The number of hydrogen-bond acceptors (Lipinski definition) is 4. The van der Waals surface area contributed by atoms with Crippen molar-refractivity contribution >= 4 is 11.3 Å². The van der Waals surface area contributed by atoms with Crippen LogP contribution in [0.5, 0.6) is 0 Å². The third-order valence-electron chi connectivity index (χ3n) is 2.29. The van der Waals surface area contributed by atoms with Gasteiger partial charge >= 0.3 is 0 Å². The number of aryl methyl sites for hydroxylation is 2. The van der Waals surface area contributed by atoms with Crippen LogP contribution < -0.4 is 5.32 Å². The Balaban J connectivity index is 1.69. The van der Waals surface area contributed by atoms with Gasteiger partial charge in [0.2, 0.25) is 0 Å². The second-order valence-electron chi connectivity index (χ2n) is 3.75. The number of nitrogens with zero attached hydrogens (tertiary/aromatic N) is 3. The molecule has 0 aliphatic carbocycles. The van der Waals surface area contributed by atoms with E-state index < -0.39 is 0 Å². The van der Waals surface area contributed by atoms with E-state index >= 15 is 0 Å². The Kier molecular flexibility index (Phi) is 3.69. The largest absolute Gasteiger partial charge is 0.311 e. The molecule has 0 radical (unpaired) electrons. The maximum absolute atomic E-state index is 4.30. The lowest BCUT2D eigenvalue weighted by atomic mass is 10.3. The first-order chi connectivity index (χ1) is 7.74.